The Morgan fingerprint density at radius 3 is 2.62 bits per heavy atom. The van der Waals surface area contributed by atoms with Gasteiger partial charge in [0.1, 0.15) is 23.5 Å². The van der Waals surface area contributed by atoms with E-state index in [4.69, 9.17) is 19.9 Å². The van der Waals surface area contributed by atoms with E-state index < -0.39 is 0 Å². The predicted molar refractivity (Wildman–Crippen MR) is 128 cm³/mol. The Kier molecular flexibility index (Phi) is 6.63. The number of hydrazine groups is 1. The van der Waals surface area contributed by atoms with Crippen molar-refractivity contribution in [1.82, 2.24) is 10.9 Å². The maximum Gasteiger partial charge on any atom is 0.234 e. The Labute approximate surface area is 191 Å². The Bertz CT molecular complexity index is 1050. The molecule has 4 rings (SSSR count). The Hall–Kier alpha value is -3.08. The number of carbonyl (C=O) groups excluding carboxylic acids is 1. The fourth-order valence-electron chi connectivity index (χ4n) is 3.73. The van der Waals surface area contributed by atoms with Crippen molar-refractivity contribution in [3.63, 3.8) is 0 Å². The number of benzene rings is 2. The van der Waals surface area contributed by atoms with Crippen molar-refractivity contribution in [2.24, 2.45) is 10.9 Å². The van der Waals surface area contributed by atoms with Gasteiger partial charge in [-0.05, 0) is 31.2 Å². The molecular weight excluding hydrogens is 428 g/mol. The van der Waals surface area contributed by atoms with Crippen LogP contribution >= 0.6 is 11.8 Å². The number of nitrogens with zero attached hydrogens (tertiary/aromatic N) is 2. The van der Waals surface area contributed by atoms with Gasteiger partial charge in [-0.25, -0.2) is 10.4 Å². The first-order valence-corrected chi connectivity index (χ1v) is 11.2. The summed E-state index contributed by atoms with van der Waals surface area (Å²) in [6.45, 7) is 2.02. The van der Waals surface area contributed by atoms with Gasteiger partial charge in [0.25, 0.3) is 0 Å². The van der Waals surface area contributed by atoms with Crippen LogP contribution in [0.5, 0.6) is 11.5 Å². The first kappa shape index (κ1) is 22.1. The third-order valence-electron chi connectivity index (χ3n) is 5.33. The van der Waals surface area contributed by atoms with Gasteiger partial charge in [-0.1, -0.05) is 23.9 Å². The van der Waals surface area contributed by atoms with E-state index in [9.17, 15) is 4.79 Å². The molecule has 1 saturated heterocycles. The smallest absolute Gasteiger partial charge is 0.234 e. The predicted octanol–water partition coefficient (Wildman–Crippen LogP) is 2.67. The molecule has 1 fully saturated rings. The van der Waals surface area contributed by atoms with Crippen LogP contribution in [0, 0.1) is 11.3 Å². The molecule has 4 N–H and O–H groups in total. The number of hydrogen-bond donors (Lipinski definition) is 4. The molecule has 1 amide bonds. The highest BCUT2D eigenvalue weighted by Gasteiger charge is 2.43. The maximum atomic E-state index is 12.6. The number of fused-ring (bicyclic) bond motifs is 1. The van der Waals surface area contributed by atoms with Crippen molar-refractivity contribution in [2.75, 3.05) is 30.2 Å². The average molecular weight is 455 g/mol. The molecule has 2 heterocycles. The molecule has 32 heavy (non-hydrogen) atoms. The van der Waals surface area contributed by atoms with E-state index in [-0.39, 0.29) is 29.8 Å². The van der Waals surface area contributed by atoms with Gasteiger partial charge >= 0.3 is 0 Å². The third-order valence-corrected chi connectivity index (χ3v) is 6.29. The lowest BCUT2D eigenvalue weighted by atomic mass is 9.97. The van der Waals surface area contributed by atoms with Gasteiger partial charge < -0.3 is 14.8 Å². The van der Waals surface area contributed by atoms with Crippen LogP contribution in [0.2, 0.25) is 0 Å². The molecule has 0 spiro atoms. The third kappa shape index (κ3) is 4.57. The fraction of sp³-hybridized carbons (Fsp3) is 0.318. The highest BCUT2D eigenvalue weighted by molar-refractivity contribution is 8.14. The lowest BCUT2D eigenvalue weighted by molar-refractivity contribution is -0.113. The summed E-state index contributed by atoms with van der Waals surface area (Å²) in [5, 5.41) is 12.4. The minimum absolute atomic E-state index is 0.0484. The summed E-state index contributed by atoms with van der Waals surface area (Å²) in [5.41, 5.74) is 7.74. The lowest BCUT2D eigenvalue weighted by Crippen LogP contribution is -2.50. The number of carbonyl (C=O) groups is 1. The number of aliphatic imine (C=N–C) groups is 1. The zero-order chi connectivity index (χ0) is 22.7. The highest BCUT2D eigenvalue weighted by atomic mass is 32.2. The monoisotopic (exact) mass is 454 g/mol. The molecule has 2 aromatic carbocycles. The molecule has 10 heteroatoms. The normalized spacial score (nSPS) is 22.2. The Morgan fingerprint density at radius 2 is 1.88 bits per heavy atom. The Balaban J connectivity index is 1.54. The molecule has 3 atom stereocenters. The first-order valence-electron chi connectivity index (χ1n) is 10.2. The second kappa shape index (κ2) is 9.60. The van der Waals surface area contributed by atoms with Crippen molar-refractivity contribution < 1.29 is 14.3 Å². The van der Waals surface area contributed by atoms with Gasteiger partial charge in [0.15, 0.2) is 5.17 Å². The molecule has 0 aliphatic carbocycles. The summed E-state index contributed by atoms with van der Waals surface area (Å²) < 4.78 is 10.6. The van der Waals surface area contributed by atoms with Crippen LogP contribution < -0.4 is 30.5 Å². The second-order valence-electron chi connectivity index (χ2n) is 7.45. The van der Waals surface area contributed by atoms with Crippen molar-refractivity contribution >= 4 is 40.0 Å². The van der Waals surface area contributed by atoms with Crippen LogP contribution in [-0.4, -0.2) is 49.1 Å². The zero-order valence-corrected chi connectivity index (χ0v) is 18.9. The minimum Gasteiger partial charge on any atom is -0.497 e. The number of rotatable bonds is 6. The van der Waals surface area contributed by atoms with Crippen LogP contribution in [0.1, 0.15) is 6.92 Å². The number of amidine groups is 2. The lowest BCUT2D eigenvalue weighted by Gasteiger charge is -2.36. The molecule has 0 saturated carbocycles. The molecule has 168 valence electrons. The van der Waals surface area contributed by atoms with Crippen LogP contribution in [0.15, 0.2) is 53.5 Å². The van der Waals surface area contributed by atoms with Crippen LogP contribution in [0.4, 0.5) is 11.4 Å². The standard InChI is InChI=1S/C22H26N6O3S/c1-13-19-20(23)28(15-7-5-9-17(11-15)31-3)22(25-21(19)27-26-13)32-12-18(29)24-14-6-4-8-16(10-14)30-2/h4-11,13,19,21,23,26-27H,12H2,1-3H3,(H,24,29). The molecule has 0 aromatic heterocycles. The molecule has 2 aromatic rings. The molecule has 2 aliphatic heterocycles. The molecule has 0 radical (unpaired) electrons. The van der Waals surface area contributed by atoms with Crippen molar-refractivity contribution in [1.29, 1.82) is 5.41 Å². The van der Waals surface area contributed by atoms with E-state index in [0.717, 1.165) is 5.69 Å². The van der Waals surface area contributed by atoms with Crippen LogP contribution in [0.3, 0.4) is 0 Å². The van der Waals surface area contributed by atoms with Gasteiger partial charge in [-0.15, -0.1) is 0 Å². The van der Waals surface area contributed by atoms with E-state index in [1.807, 2.05) is 49.4 Å². The van der Waals surface area contributed by atoms with Gasteiger partial charge in [0, 0.05) is 23.9 Å². The zero-order valence-electron chi connectivity index (χ0n) is 18.1. The number of ether oxygens (including phenoxy) is 2. The van der Waals surface area contributed by atoms with E-state index in [2.05, 4.69) is 16.2 Å². The van der Waals surface area contributed by atoms with E-state index >= 15 is 0 Å². The fourth-order valence-corrected chi connectivity index (χ4v) is 4.58. The van der Waals surface area contributed by atoms with Crippen LogP contribution in [0.25, 0.3) is 0 Å². The van der Waals surface area contributed by atoms with E-state index in [1.54, 1.807) is 25.2 Å². The van der Waals surface area contributed by atoms with Gasteiger partial charge in [0.05, 0.1) is 31.6 Å². The molecule has 3 unspecified atom stereocenters. The average Bonchev–Trinajstić information content (AvgIpc) is 3.18. The summed E-state index contributed by atoms with van der Waals surface area (Å²) in [4.78, 5) is 19.2. The summed E-state index contributed by atoms with van der Waals surface area (Å²) >= 11 is 1.29. The van der Waals surface area contributed by atoms with Gasteiger partial charge in [-0.3, -0.25) is 20.5 Å². The number of methoxy groups -OCH3 is 2. The summed E-state index contributed by atoms with van der Waals surface area (Å²) in [6.07, 6.45) is -0.261. The molecule has 0 bridgehead atoms. The summed E-state index contributed by atoms with van der Waals surface area (Å²) in [5.74, 6) is 1.62. The van der Waals surface area contributed by atoms with Crippen molar-refractivity contribution in [2.45, 2.75) is 19.1 Å². The first-order chi connectivity index (χ1) is 15.5. The van der Waals surface area contributed by atoms with Crippen LogP contribution in [-0.2, 0) is 4.79 Å². The van der Waals surface area contributed by atoms with E-state index in [1.165, 1.54) is 11.8 Å². The SMILES string of the molecule is COc1cccc(NC(=O)CSC2=NC3NNC(C)C3C(=N)N2c2cccc(OC)c2)c1. The Morgan fingerprint density at radius 1 is 1.16 bits per heavy atom. The van der Waals surface area contributed by atoms with Gasteiger partial charge in [0.2, 0.25) is 5.91 Å². The van der Waals surface area contributed by atoms with E-state index in [0.29, 0.717) is 28.2 Å². The summed E-state index contributed by atoms with van der Waals surface area (Å²) in [6, 6.07) is 14.8. The number of nitrogens with one attached hydrogen (secondary N) is 4. The number of hydrogen-bond acceptors (Lipinski definition) is 8. The second-order valence-corrected chi connectivity index (χ2v) is 8.39. The van der Waals surface area contributed by atoms with Gasteiger partial charge in [-0.2, -0.15) is 0 Å². The molecular formula is C22H26N6O3S. The molecule has 9 nitrogen and oxygen atoms in total. The van der Waals surface area contributed by atoms with Crippen molar-refractivity contribution in [3.8, 4) is 11.5 Å². The largest absolute Gasteiger partial charge is 0.497 e. The topological polar surface area (TPSA) is 111 Å². The molecule has 2 aliphatic rings. The number of anilines is 2. The maximum absolute atomic E-state index is 12.6. The highest BCUT2D eigenvalue weighted by Crippen LogP contribution is 2.33. The van der Waals surface area contributed by atoms with Crippen molar-refractivity contribution in [3.05, 3.63) is 48.5 Å². The number of amides is 1. The quantitative estimate of drug-likeness (QED) is 0.531. The summed E-state index contributed by atoms with van der Waals surface area (Å²) in [7, 11) is 3.19. The minimum atomic E-state index is -0.261. The number of thioether (sulfide) groups is 1.